The standard InChI is InChI=1S/C16H14N2O2/c1-17-12-6-4-5-11(9-12)16(19)18-14-10-20-15-8-3-2-7-13(14)15/h2-10,17H,1H3,(H,18,19). The van der Waals surface area contributed by atoms with Gasteiger partial charge in [-0.2, -0.15) is 0 Å². The molecule has 0 aliphatic heterocycles. The quantitative estimate of drug-likeness (QED) is 0.759. The minimum absolute atomic E-state index is 0.159. The van der Waals surface area contributed by atoms with E-state index in [0.717, 1.165) is 16.7 Å². The Hall–Kier alpha value is -2.75. The lowest BCUT2D eigenvalue weighted by Gasteiger charge is -2.05. The predicted octanol–water partition coefficient (Wildman–Crippen LogP) is 3.73. The second-order valence-electron chi connectivity index (χ2n) is 4.43. The summed E-state index contributed by atoms with van der Waals surface area (Å²) >= 11 is 0. The van der Waals surface area contributed by atoms with Crippen LogP contribution in [-0.4, -0.2) is 13.0 Å². The maximum Gasteiger partial charge on any atom is 0.255 e. The van der Waals surface area contributed by atoms with Crippen molar-refractivity contribution in [2.24, 2.45) is 0 Å². The molecule has 1 heterocycles. The SMILES string of the molecule is CNc1cccc(C(=O)Nc2coc3ccccc23)c1. The molecule has 0 saturated carbocycles. The number of carbonyl (C=O) groups is 1. The minimum atomic E-state index is -0.159. The lowest BCUT2D eigenvalue weighted by Crippen LogP contribution is -2.11. The number of para-hydroxylation sites is 1. The average molecular weight is 266 g/mol. The average Bonchev–Trinajstić information content (AvgIpc) is 2.90. The molecule has 0 fully saturated rings. The predicted molar refractivity (Wildman–Crippen MR) is 80.2 cm³/mol. The van der Waals surface area contributed by atoms with Gasteiger partial charge in [-0.15, -0.1) is 0 Å². The third-order valence-corrected chi connectivity index (χ3v) is 3.14. The topological polar surface area (TPSA) is 54.3 Å². The third kappa shape index (κ3) is 2.23. The fourth-order valence-electron chi connectivity index (χ4n) is 2.09. The van der Waals surface area contributed by atoms with Crippen LogP contribution in [0.3, 0.4) is 0 Å². The van der Waals surface area contributed by atoms with Crippen LogP contribution in [0.5, 0.6) is 0 Å². The summed E-state index contributed by atoms with van der Waals surface area (Å²) in [5.74, 6) is -0.159. The van der Waals surface area contributed by atoms with E-state index in [1.807, 2.05) is 43.4 Å². The number of nitrogens with one attached hydrogen (secondary N) is 2. The summed E-state index contributed by atoms with van der Waals surface area (Å²) < 4.78 is 5.40. The van der Waals surface area contributed by atoms with E-state index in [0.29, 0.717) is 11.3 Å². The Morgan fingerprint density at radius 3 is 2.80 bits per heavy atom. The molecule has 20 heavy (non-hydrogen) atoms. The fraction of sp³-hybridized carbons (Fsp3) is 0.0625. The number of hydrogen-bond donors (Lipinski definition) is 2. The lowest BCUT2D eigenvalue weighted by atomic mass is 10.1. The van der Waals surface area contributed by atoms with Crippen LogP contribution in [0.15, 0.2) is 59.2 Å². The molecular formula is C16H14N2O2. The third-order valence-electron chi connectivity index (χ3n) is 3.14. The summed E-state index contributed by atoms with van der Waals surface area (Å²) in [6.45, 7) is 0. The first-order chi connectivity index (χ1) is 9.78. The highest BCUT2D eigenvalue weighted by atomic mass is 16.3. The van der Waals surface area contributed by atoms with Gasteiger partial charge in [0.1, 0.15) is 11.8 Å². The summed E-state index contributed by atoms with van der Waals surface area (Å²) in [6, 6.07) is 14.9. The van der Waals surface area contributed by atoms with Crippen molar-refractivity contribution in [2.45, 2.75) is 0 Å². The summed E-state index contributed by atoms with van der Waals surface area (Å²) in [4.78, 5) is 12.2. The zero-order valence-corrected chi connectivity index (χ0v) is 11.0. The molecule has 1 aromatic heterocycles. The van der Waals surface area contributed by atoms with Gasteiger partial charge in [-0.1, -0.05) is 18.2 Å². The van der Waals surface area contributed by atoms with Gasteiger partial charge in [0.05, 0.1) is 5.69 Å². The molecule has 4 nitrogen and oxygen atoms in total. The number of carbonyl (C=O) groups excluding carboxylic acids is 1. The molecular weight excluding hydrogens is 252 g/mol. The van der Waals surface area contributed by atoms with Gasteiger partial charge < -0.3 is 15.1 Å². The highest BCUT2D eigenvalue weighted by Crippen LogP contribution is 2.25. The van der Waals surface area contributed by atoms with Gasteiger partial charge in [-0.25, -0.2) is 0 Å². The highest BCUT2D eigenvalue weighted by Gasteiger charge is 2.10. The van der Waals surface area contributed by atoms with Crippen LogP contribution in [-0.2, 0) is 0 Å². The fourth-order valence-corrected chi connectivity index (χ4v) is 2.09. The van der Waals surface area contributed by atoms with Crippen molar-refractivity contribution in [3.05, 3.63) is 60.4 Å². The summed E-state index contributed by atoms with van der Waals surface area (Å²) in [7, 11) is 1.82. The molecule has 2 aromatic carbocycles. The Bertz CT molecular complexity index is 762. The number of fused-ring (bicyclic) bond motifs is 1. The first-order valence-electron chi connectivity index (χ1n) is 6.33. The molecule has 1 amide bonds. The monoisotopic (exact) mass is 266 g/mol. The zero-order chi connectivity index (χ0) is 13.9. The lowest BCUT2D eigenvalue weighted by molar-refractivity contribution is 0.102. The van der Waals surface area contributed by atoms with Crippen molar-refractivity contribution in [1.82, 2.24) is 0 Å². The maximum atomic E-state index is 12.2. The Morgan fingerprint density at radius 1 is 1.10 bits per heavy atom. The molecule has 0 saturated heterocycles. The Labute approximate surface area is 116 Å². The highest BCUT2D eigenvalue weighted by molar-refractivity contribution is 6.08. The first kappa shape index (κ1) is 12.3. The van der Waals surface area contributed by atoms with E-state index in [-0.39, 0.29) is 5.91 Å². The molecule has 0 radical (unpaired) electrons. The van der Waals surface area contributed by atoms with E-state index >= 15 is 0 Å². The van der Waals surface area contributed by atoms with Crippen LogP contribution in [0.2, 0.25) is 0 Å². The molecule has 2 N–H and O–H groups in total. The normalized spacial score (nSPS) is 10.4. The molecule has 0 aliphatic rings. The van der Waals surface area contributed by atoms with Gasteiger partial charge in [0.25, 0.3) is 5.91 Å². The van der Waals surface area contributed by atoms with Crippen molar-refractivity contribution >= 4 is 28.3 Å². The van der Waals surface area contributed by atoms with Crippen LogP contribution >= 0.6 is 0 Å². The Kier molecular flexibility index (Phi) is 3.13. The van der Waals surface area contributed by atoms with Gasteiger partial charge >= 0.3 is 0 Å². The molecule has 100 valence electrons. The largest absolute Gasteiger partial charge is 0.462 e. The minimum Gasteiger partial charge on any atom is -0.462 e. The van der Waals surface area contributed by atoms with Gasteiger partial charge in [-0.05, 0) is 30.3 Å². The smallest absolute Gasteiger partial charge is 0.255 e. The van der Waals surface area contributed by atoms with Crippen LogP contribution in [0, 0.1) is 0 Å². The summed E-state index contributed by atoms with van der Waals surface area (Å²) in [5, 5.41) is 6.78. The summed E-state index contributed by atoms with van der Waals surface area (Å²) in [5.41, 5.74) is 2.93. The van der Waals surface area contributed by atoms with Gasteiger partial charge in [0.2, 0.25) is 0 Å². The van der Waals surface area contributed by atoms with E-state index in [1.165, 1.54) is 0 Å². The molecule has 0 aliphatic carbocycles. The molecule has 0 bridgehead atoms. The molecule has 3 rings (SSSR count). The van der Waals surface area contributed by atoms with Crippen LogP contribution in [0.4, 0.5) is 11.4 Å². The number of anilines is 2. The van der Waals surface area contributed by atoms with Crippen molar-refractivity contribution in [2.75, 3.05) is 17.7 Å². The summed E-state index contributed by atoms with van der Waals surface area (Å²) in [6.07, 6.45) is 1.56. The van der Waals surface area contributed by atoms with E-state index in [4.69, 9.17) is 4.42 Å². The van der Waals surface area contributed by atoms with Crippen LogP contribution < -0.4 is 10.6 Å². The molecule has 3 aromatic rings. The Morgan fingerprint density at radius 2 is 1.95 bits per heavy atom. The van der Waals surface area contributed by atoms with Gasteiger partial charge in [-0.3, -0.25) is 4.79 Å². The van der Waals surface area contributed by atoms with Gasteiger partial charge in [0, 0.05) is 23.7 Å². The number of furan rings is 1. The van der Waals surface area contributed by atoms with E-state index in [1.54, 1.807) is 18.4 Å². The van der Waals surface area contributed by atoms with Crippen molar-refractivity contribution in [1.29, 1.82) is 0 Å². The van der Waals surface area contributed by atoms with Crippen LogP contribution in [0.25, 0.3) is 11.0 Å². The number of rotatable bonds is 3. The maximum absolute atomic E-state index is 12.2. The number of benzene rings is 2. The van der Waals surface area contributed by atoms with E-state index in [9.17, 15) is 4.79 Å². The van der Waals surface area contributed by atoms with Crippen molar-refractivity contribution in [3.63, 3.8) is 0 Å². The zero-order valence-electron chi connectivity index (χ0n) is 11.0. The van der Waals surface area contributed by atoms with Crippen molar-refractivity contribution < 1.29 is 9.21 Å². The van der Waals surface area contributed by atoms with Crippen molar-refractivity contribution in [3.8, 4) is 0 Å². The van der Waals surface area contributed by atoms with Gasteiger partial charge in [0.15, 0.2) is 0 Å². The second kappa shape index (κ2) is 5.09. The second-order valence-corrected chi connectivity index (χ2v) is 4.43. The Balaban J connectivity index is 1.88. The van der Waals surface area contributed by atoms with Crippen LogP contribution in [0.1, 0.15) is 10.4 Å². The van der Waals surface area contributed by atoms with E-state index in [2.05, 4.69) is 10.6 Å². The molecule has 0 unspecified atom stereocenters. The molecule has 0 spiro atoms. The number of hydrogen-bond acceptors (Lipinski definition) is 3. The first-order valence-corrected chi connectivity index (χ1v) is 6.33. The van der Waals surface area contributed by atoms with E-state index < -0.39 is 0 Å². The number of amides is 1. The molecule has 0 atom stereocenters. The molecule has 4 heteroatoms.